The van der Waals surface area contributed by atoms with E-state index >= 15 is 0 Å². The maximum atomic E-state index is 10.4. The average Bonchev–Trinajstić information content (AvgIpc) is 2.14. The monoisotopic (exact) mass is 320 g/mol. The van der Waals surface area contributed by atoms with Gasteiger partial charge in [0.2, 0.25) is 5.91 Å². The molecule has 0 aromatic carbocycles. The molecule has 0 aliphatic heterocycles. The highest BCUT2D eigenvalue weighted by Gasteiger charge is 1.99. The summed E-state index contributed by atoms with van der Waals surface area (Å²) < 4.78 is 3.88. The van der Waals surface area contributed by atoms with Crippen molar-refractivity contribution in [2.24, 2.45) is 11.6 Å². The molecule has 0 aromatic heterocycles. The smallest absolute Gasteiger partial charge is 0.253 e. The van der Waals surface area contributed by atoms with Crippen LogP contribution in [-0.4, -0.2) is 24.9 Å². The Balaban J connectivity index is 0. The number of amides is 2. The molecule has 13 heavy (non-hydrogen) atoms. The molecule has 9 heteroatoms. The second kappa shape index (κ2) is 11.8. The van der Waals surface area contributed by atoms with Gasteiger partial charge in [0, 0.05) is 0 Å². The van der Waals surface area contributed by atoms with Crippen molar-refractivity contribution in [3.8, 4) is 0 Å². The summed E-state index contributed by atoms with van der Waals surface area (Å²) in [7, 11) is 0. The highest BCUT2D eigenvalue weighted by Crippen LogP contribution is 1.88. The first-order valence-electron chi connectivity index (χ1n) is 2.97. The highest BCUT2D eigenvalue weighted by molar-refractivity contribution is 9.18. The molecule has 0 bridgehead atoms. The molecule has 0 heterocycles. The van der Waals surface area contributed by atoms with Gasteiger partial charge in [0.25, 0.3) is 5.91 Å². The van der Waals surface area contributed by atoms with Crippen LogP contribution >= 0.6 is 32.5 Å². The van der Waals surface area contributed by atoms with Gasteiger partial charge in [-0.3, -0.25) is 15.0 Å². The molecule has 0 saturated carbocycles. The molecule has 0 radical (unpaired) electrons. The zero-order chi connectivity index (χ0) is 10.7. The number of hydrazine groups is 1. The van der Waals surface area contributed by atoms with E-state index in [0.717, 1.165) is 0 Å². The molecule has 0 spiro atoms. The number of nitrogens with one attached hydrogen (secondary N) is 2. The largest absolute Gasteiger partial charge is 0.346 e. The summed E-state index contributed by atoms with van der Waals surface area (Å²) in [6.07, 6.45) is 0. The minimum absolute atomic E-state index is 0.127. The maximum absolute atomic E-state index is 10.4. The number of carbonyl (C=O) groups excluding carboxylic acids is 2. The Morgan fingerprint density at radius 1 is 1.31 bits per heavy atom. The maximum Gasteiger partial charge on any atom is 0.253 e. The SMILES string of the molecule is BrOBr.NCC(=O)NCC(=O)NN. The highest BCUT2D eigenvalue weighted by atomic mass is 79.9. The fraction of sp³-hybridized carbons (Fsp3) is 0.500. The van der Waals surface area contributed by atoms with Gasteiger partial charge >= 0.3 is 0 Å². The topological polar surface area (TPSA) is 119 Å². The molecule has 0 fully saturated rings. The first-order chi connectivity index (χ1) is 6.12. The number of carbonyl (C=O) groups is 2. The normalized spacial score (nSPS) is 8.00. The summed E-state index contributed by atoms with van der Waals surface area (Å²) in [4.78, 5) is 20.7. The fourth-order valence-electron chi connectivity index (χ4n) is 0.302. The van der Waals surface area contributed by atoms with Gasteiger partial charge in [0.05, 0.1) is 13.1 Å². The van der Waals surface area contributed by atoms with Gasteiger partial charge in [-0.05, 0) is 0 Å². The zero-order valence-electron chi connectivity index (χ0n) is 6.55. The minimum atomic E-state index is -0.457. The second-order valence-corrected chi connectivity index (χ2v) is 3.12. The predicted octanol–water partition coefficient (Wildman–Crippen LogP) is -1.33. The van der Waals surface area contributed by atoms with Gasteiger partial charge in [-0.25, -0.2) is 8.76 Å². The standard InChI is InChI=1S/C4H10N4O2.Br2O/c5-1-3(9)7-2-4(10)8-6;1-3-2/h1-2,5-6H2,(H,7,9)(H,8,10);. The summed E-state index contributed by atoms with van der Waals surface area (Å²) in [5.41, 5.74) is 6.77. The van der Waals surface area contributed by atoms with Crippen LogP contribution in [0.15, 0.2) is 0 Å². The number of hydrogen-bond donors (Lipinski definition) is 4. The molecular formula is C4H10Br2N4O3. The summed E-state index contributed by atoms with van der Waals surface area (Å²) in [6, 6.07) is 0. The summed E-state index contributed by atoms with van der Waals surface area (Å²) in [6.45, 7) is -0.260. The molecule has 0 aromatic rings. The molecule has 0 aliphatic rings. The second-order valence-electron chi connectivity index (χ2n) is 1.61. The van der Waals surface area contributed by atoms with Crippen molar-refractivity contribution in [2.75, 3.05) is 13.1 Å². The molecule has 0 aliphatic carbocycles. The Morgan fingerprint density at radius 3 is 2.08 bits per heavy atom. The number of hydrogen-bond acceptors (Lipinski definition) is 5. The number of halogens is 2. The van der Waals surface area contributed by atoms with Crippen LogP contribution in [0.5, 0.6) is 0 Å². The Hall–Kier alpha value is -0.220. The van der Waals surface area contributed by atoms with E-state index in [0.29, 0.717) is 0 Å². The van der Waals surface area contributed by atoms with Crippen LogP contribution in [0, 0.1) is 0 Å². The third-order valence-electron chi connectivity index (χ3n) is 0.792. The molecule has 0 saturated heterocycles. The van der Waals surface area contributed by atoms with Gasteiger partial charge in [-0.15, -0.1) is 0 Å². The van der Waals surface area contributed by atoms with E-state index in [4.69, 9.17) is 11.6 Å². The van der Waals surface area contributed by atoms with E-state index in [9.17, 15) is 9.59 Å². The van der Waals surface area contributed by atoms with Crippen molar-refractivity contribution in [2.45, 2.75) is 0 Å². The van der Waals surface area contributed by atoms with Crippen molar-refractivity contribution in [1.29, 1.82) is 0 Å². The van der Waals surface area contributed by atoms with Gasteiger partial charge in [0.1, 0.15) is 32.5 Å². The number of rotatable bonds is 3. The van der Waals surface area contributed by atoms with Crippen LogP contribution < -0.4 is 22.3 Å². The summed E-state index contributed by atoms with van der Waals surface area (Å²) in [5, 5.41) is 2.23. The Labute approximate surface area is 92.4 Å². The zero-order valence-corrected chi connectivity index (χ0v) is 9.72. The van der Waals surface area contributed by atoms with E-state index in [2.05, 4.69) is 40.8 Å². The van der Waals surface area contributed by atoms with E-state index in [1.807, 2.05) is 5.43 Å². The van der Waals surface area contributed by atoms with Gasteiger partial charge in [0.15, 0.2) is 0 Å². The predicted molar refractivity (Wildman–Crippen MR) is 53.3 cm³/mol. The lowest BCUT2D eigenvalue weighted by Crippen LogP contribution is -2.41. The Bertz CT molecular complexity index is 140. The number of nitrogens with two attached hydrogens (primary N) is 2. The van der Waals surface area contributed by atoms with Crippen LogP contribution in [0.1, 0.15) is 0 Å². The molecular weight excluding hydrogens is 312 g/mol. The molecule has 78 valence electrons. The first kappa shape index (κ1) is 15.3. The Kier molecular flexibility index (Phi) is 13.8. The van der Waals surface area contributed by atoms with Crippen LogP contribution in [-0.2, 0) is 12.5 Å². The van der Waals surface area contributed by atoms with Crippen LogP contribution in [0.25, 0.3) is 0 Å². The first-order valence-corrected chi connectivity index (χ1v) is 4.27. The van der Waals surface area contributed by atoms with E-state index in [1.165, 1.54) is 0 Å². The lowest BCUT2D eigenvalue weighted by Gasteiger charge is -2.00. The molecule has 7 nitrogen and oxygen atoms in total. The van der Waals surface area contributed by atoms with Gasteiger partial charge < -0.3 is 11.1 Å². The lowest BCUT2D eigenvalue weighted by atomic mass is 10.5. The van der Waals surface area contributed by atoms with Crippen molar-refractivity contribution < 1.29 is 12.5 Å². The summed E-state index contributed by atoms with van der Waals surface area (Å²) >= 11 is 5.12. The molecule has 2 amide bonds. The Morgan fingerprint density at radius 2 is 1.77 bits per heavy atom. The molecule has 0 rings (SSSR count). The molecule has 0 unspecified atom stereocenters. The summed E-state index contributed by atoms with van der Waals surface area (Å²) in [5.74, 6) is 3.88. The van der Waals surface area contributed by atoms with Crippen molar-refractivity contribution in [3.63, 3.8) is 0 Å². The van der Waals surface area contributed by atoms with Crippen LogP contribution in [0.2, 0.25) is 0 Å². The average molecular weight is 322 g/mol. The van der Waals surface area contributed by atoms with Crippen LogP contribution in [0.4, 0.5) is 0 Å². The van der Waals surface area contributed by atoms with E-state index in [1.54, 1.807) is 0 Å². The minimum Gasteiger partial charge on any atom is -0.346 e. The molecule has 6 N–H and O–H groups in total. The lowest BCUT2D eigenvalue weighted by molar-refractivity contribution is -0.125. The van der Waals surface area contributed by atoms with Gasteiger partial charge in [-0.2, -0.15) is 0 Å². The quantitative estimate of drug-likeness (QED) is 0.292. The van der Waals surface area contributed by atoms with Crippen molar-refractivity contribution in [3.05, 3.63) is 0 Å². The van der Waals surface area contributed by atoms with Crippen molar-refractivity contribution >= 4 is 44.3 Å². The van der Waals surface area contributed by atoms with E-state index < -0.39 is 5.91 Å². The third-order valence-corrected chi connectivity index (χ3v) is 0.792. The van der Waals surface area contributed by atoms with E-state index in [-0.39, 0.29) is 19.0 Å². The van der Waals surface area contributed by atoms with Crippen molar-refractivity contribution in [1.82, 2.24) is 10.7 Å². The van der Waals surface area contributed by atoms with Gasteiger partial charge in [-0.1, -0.05) is 0 Å². The molecule has 0 atom stereocenters. The van der Waals surface area contributed by atoms with Crippen LogP contribution in [0.3, 0.4) is 0 Å². The third kappa shape index (κ3) is 14.6. The fourth-order valence-corrected chi connectivity index (χ4v) is 0.302.